The number of nitrogens with zero attached hydrogens (tertiary/aromatic N) is 1. The lowest BCUT2D eigenvalue weighted by molar-refractivity contribution is -0.150. The van der Waals surface area contributed by atoms with E-state index < -0.39 is 0 Å². The number of thiocarbonyl (C=S) groups is 1. The molecule has 0 spiro atoms. The Hall–Kier alpha value is -0.680. The Labute approximate surface area is 115 Å². The van der Waals surface area contributed by atoms with Gasteiger partial charge in [-0.05, 0) is 26.2 Å². The molecule has 4 nitrogen and oxygen atoms in total. The van der Waals surface area contributed by atoms with Crippen molar-refractivity contribution >= 4 is 23.2 Å². The summed E-state index contributed by atoms with van der Waals surface area (Å²) in [7, 11) is 0. The van der Waals surface area contributed by atoms with Crippen molar-refractivity contribution in [1.29, 1.82) is 0 Å². The fourth-order valence-electron chi connectivity index (χ4n) is 2.68. The smallest absolute Gasteiger partial charge is 0.323 e. The van der Waals surface area contributed by atoms with Crippen molar-refractivity contribution in [2.24, 2.45) is 5.73 Å². The van der Waals surface area contributed by atoms with Crippen LogP contribution in [0, 0.1) is 0 Å². The number of hydrogen-bond acceptors (Lipinski definition) is 4. The first-order valence-electron chi connectivity index (χ1n) is 6.80. The van der Waals surface area contributed by atoms with Gasteiger partial charge in [0.15, 0.2) is 0 Å². The molecule has 0 radical (unpaired) electrons. The SMILES string of the molecule is CCOC(=O)C(CC)N(CC(N)=S)C1CCCC1. The van der Waals surface area contributed by atoms with E-state index in [1.807, 2.05) is 13.8 Å². The lowest BCUT2D eigenvalue weighted by Gasteiger charge is -2.34. The highest BCUT2D eigenvalue weighted by molar-refractivity contribution is 7.80. The summed E-state index contributed by atoms with van der Waals surface area (Å²) in [5.74, 6) is -0.150. The molecule has 0 aromatic rings. The average molecular weight is 272 g/mol. The first-order chi connectivity index (χ1) is 8.60. The van der Waals surface area contributed by atoms with Gasteiger partial charge in [0, 0.05) is 12.6 Å². The van der Waals surface area contributed by atoms with E-state index in [0.29, 0.717) is 24.2 Å². The molecule has 1 saturated carbocycles. The van der Waals surface area contributed by atoms with Crippen molar-refractivity contribution in [3.05, 3.63) is 0 Å². The Morgan fingerprint density at radius 1 is 1.44 bits per heavy atom. The summed E-state index contributed by atoms with van der Waals surface area (Å²) in [6, 6.07) is 0.204. The molecule has 1 unspecified atom stereocenters. The number of ether oxygens (including phenoxy) is 1. The Morgan fingerprint density at radius 2 is 2.06 bits per heavy atom. The minimum atomic E-state index is -0.213. The third kappa shape index (κ3) is 4.21. The summed E-state index contributed by atoms with van der Waals surface area (Å²) in [6.45, 7) is 4.76. The van der Waals surface area contributed by atoms with Gasteiger partial charge in [-0.25, -0.2) is 0 Å². The van der Waals surface area contributed by atoms with Crippen molar-refractivity contribution in [2.45, 2.75) is 58.0 Å². The predicted octanol–water partition coefficient (Wildman–Crippen LogP) is 1.86. The Bertz CT molecular complexity index is 291. The van der Waals surface area contributed by atoms with E-state index in [2.05, 4.69) is 4.90 Å². The lowest BCUT2D eigenvalue weighted by Crippen LogP contribution is -2.50. The zero-order chi connectivity index (χ0) is 13.5. The van der Waals surface area contributed by atoms with Crippen LogP contribution in [0.25, 0.3) is 0 Å². The van der Waals surface area contributed by atoms with Crippen molar-refractivity contribution in [1.82, 2.24) is 4.90 Å². The summed E-state index contributed by atoms with van der Waals surface area (Å²) < 4.78 is 5.15. The zero-order valence-electron chi connectivity index (χ0n) is 11.4. The lowest BCUT2D eigenvalue weighted by atomic mass is 10.1. The van der Waals surface area contributed by atoms with Crippen LogP contribution in [0.5, 0.6) is 0 Å². The van der Waals surface area contributed by atoms with Gasteiger partial charge >= 0.3 is 5.97 Å². The van der Waals surface area contributed by atoms with Crippen LogP contribution in [0.15, 0.2) is 0 Å². The van der Waals surface area contributed by atoms with Crippen molar-refractivity contribution in [3.63, 3.8) is 0 Å². The third-order valence-corrected chi connectivity index (χ3v) is 3.61. The van der Waals surface area contributed by atoms with Crippen molar-refractivity contribution in [3.8, 4) is 0 Å². The molecule has 18 heavy (non-hydrogen) atoms. The molecule has 2 N–H and O–H groups in total. The van der Waals surface area contributed by atoms with Crippen molar-refractivity contribution < 1.29 is 9.53 Å². The largest absolute Gasteiger partial charge is 0.465 e. The minimum Gasteiger partial charge on any atom is -0.465 e. The second-order valence-corrected chi connectivity index (χ2v) is 5.28. The molecule has 104 valence electrons. The molecule has 0 aromatic heterocycles. The van der Waals surface area contributed by atoms with E-state index in [1.165, 1.54) is 12.8 Å². The number of carbonyl (C=O) groups excluding carboxylic acids is 1. The maximum absolute atomic E-state index is 12.0. The molecule has 0 aromatic carbocycles. The van der Waals surface area contributed by atoms with Crippen LogP contribution in [-0.2, 0) is 9.53 Å². The molecule has 5 heteroatoms. The van der Waals surface area contributed by atoms with Crippen LogP contribution in [0.4, 0.5) is 0 Å². The molecule has 0 saturated heterocycles. The number of esters is 1. The Balaban J connectivity index is 2.77. The maximum Gasteiger partial charge on any atom is 0.323 e. The Kier molecular flexibility index (Phi) is 6.57. The first-order valence-corrected chi connectivity index (χ1v) is 7.21. The summed E-state index contributed by atoms with van der Waals surface area (Å²) in [5.41, 5.74) is 5.67. The van der Waals surface area contributed by atoms with E-state index >= 15 is 0 Å². The summed E-state index contributed by atoms with van der Waals surface area (Å²) >= 11 is 5.01. The second kappa shape index (κ2) is 7.69. The van der Waals surface area contributed by atoms with E-state index in [1.54, 1.807) is 0 Å². The normalized spacial score (nSPS) is 17.9. The van der Waals surface area contributed by atoms with Gasteiger partial charge in [0.25, 0.3) is 0 Å². The van der Waals surface area contributed by atoms with Gasteiger partial charge < -0.3 is 10.5 Å². The molecule has 1 aliphatic carbocycles. The van der Waals surface area contributed by atoms with Gasteiger partial charge in [-0.1, -0.05) is 32.0 Å². The standard InChI is InChI=1S/C13H24N2O2S/c1-3-11(13(16)17-4-2)15(9-12(14)18)10-7-5-6-8-10/h10-11H,3-9H2,1-2H3,(H2,14,18). The second-order valence-electron chi connectivity index (χ2n) is 4.75. The van der Waals surface area contributed by atoms with Crippen LogP contribution in [0.2, 0.25) is 0 Å². The molecule has 1 rings (SSSR count). The number of nitrogens with two attached hydrogens (primary N) is 1. The first kappa shape index (κ1) is 15.4. The van der Waals surface area contributed by atoms with E-state index in [4.69, 9.17) is 22.7 Å². The molecule has 0 amide bonds. The zero-order valence-corrected chi connectivity index (χ0v) is 12.2. The Morgan fingerprint density at radius 3 is 2.50 bits per heavy atom. The van der Waals surface area contributed by atoms with Gasteiger partial charge in [0.2, 0.25) is 0 Å². The number of hydrogen-bond donors (Lipinski definition) is 1. The highest BCUT2D eigenvalue weighted by atomic mass is 32.1. The van der Waals surface area contributed by atoms with Gasteiger partial charge in [-0.2, -0.15) is 0 Å². The summed E-state index contributed by atoms with van der Waals surface area (Å²) in [6.07, 6.45) is 5.42. The van der Waals surface area contributed by atoms with Gasteiger partial charge in [-0.3, -0.25) is 9.69 Å². The van der Waals surface area contributed by atoms with Gasteiger partial charge in [0.05, 0.1) is 11.6 Å². The minimum absolute atomic E-state index is 0.150. The molecular formula is C13H24N2O2S. The predicted molar refractivity (Wildman–Crippen MR) is 76.5 cm³/mol. The van der Waals surface area contributed by atoms with Gasteiger partial charge in [0.1, 0.15) is 6.04 Å². The van der Waals surface area contributed by atoms with E-state index in [-0.39, 0.29) is 12.0 Å². The highest BCUT2D eigenvalue weighted by Gasteiger charge is 2.32. The number of carbonyl (C=O) groups is 1. The van der Waals surface area contributed by atoms with Crippen LogP contribution >= 0.6 is 12.2 Å². The molecule has 0 bridgehead atoms. The quantitative estimate of drug-likeness (QED) is 0.566. The average Bonchev–Trinajstić information content (AvgIpc) is 2.81. The highest BCUT2D eigenvalue weighted by Crippen LogP contribution is 2.26. The van der Waals surface area contributed by atoms with Crippen LogP contribution in [0.1, 0.15) is 46.0 Å². The van der Waals surface area contributed by atoms with Gasteiger partial charge in [-0.15, -0.1) is 0 Å². The molecular weight excluding hydrogens is 248 g/mol. The third-order valence-electron chi connectivity index (χ3n) is 3.48. The van der Waals surface area contributed by atoms with Crippen LogP contribution < -0.4 is 5.73 Å². The summed E-state index contributed by atoms with van der Waals surface area (Å²) in [5, 5.41) is 0. The molecule has 0 heterocycles. The van der Waals surface area contributed by atoms with Crippen molar-refractivity contribution in [2.75, 3.05) is 13.2 Å². The molecule has 0 aliphatic heterocycles. The maximum atomic E-state index is 12.0. The van der Waals surface area contributed by atoms with E-state index in [0.717, 1.165) is 19.3 Å². The summed E-state index contributed by atoms with van der Waals surface area (Å²) in [4.78, 5) is 14.6. The fraction of sp³-hybridized carbons (Fsp3) is 0.846. The van der Waals surface area contributed by atoms with Crippen LogP contribution in [-0.4, -0.2) is 41.1 Å². The van der Waals surface area contributed by atoms with E-state index in [9.17, 15) is 4.79 Å². The fourth-order valence-corrected chi connectivity index (χ4v) is 2.83. The van der Waals surface area contributed by atoms with Crippen LogP contribution in [0.3, 0.4) is 0 Å². The monoisotopic (exact) mass is 272 g/mol. The topological polar surface area (TPSA) is 55.6 Å². The molecule has 1 aliphatic rings. The molecule has 1 atom stereocenters. The molecule has 1 fully saturated rings. The number of rotatable bonds is 7.